The number of nitrogens with zero attached hydrogens (tertiary/aromatic N) is 4. The predicted molar refractivity (Wildman–Crippen MR) is 73.4 cm³/mol. The number of ether oxygens (including phenoxy) is 1. The number of nitrogen functional groups attached to an aromatic ring is 1. The van der Waals surface area contributed by atoms with Crippen LogP contribution < -0.4 is 16.2 Å². The van der Waals surface area contributed by atoms with E-state index in [-0.39, 0.29) is 23.4 Å². The van der Waals surface area contributed by atoms with Crippen LogP contribution in [0, 0.1) is 10.1 Å². The highest BCUT2D eigenvalue weighted by Gasteiger charge is 2.27. The van der Waals surface area contributed by atoms with Crippen LogP contribution in [0.3, 0.4) is 0 Å². The molecule has 0 radical (unpaired) electrons. The van der Waals surface area contributed by atoms with Crippen molar-refractivity contribution in [1.82, 2.24) is 9.97 Å². The maximum absolute atomic E-state index is 11.2. The zero-order valence-corrected chi connectivity index (χ0v) is 11.3. The van der Waals surface area contributed by atoms with Crippen LogP contribution in [0.25, 0.3) is 0 Å². The summed E-state index contributed by atoms with van der Waals surface area (Å²) >= 11 is 0. The van der Waals surface area contributed by atoms with Gasteiger partial charge in [-0.3, -0.25) is 10.1 Å². The van der Waals surface area contributed by atoms with Crippen LogP contribution in [0.5, 0.6) is 0 Å². The summed E-state index contributed by atoms with van der Waals surface area (Å²) in [6, 6.07) is 0. The Hall–Kier alpha value is -2.00. The van der Waals surface area contributed by atoms with Gasteiger partial charge in [0.15, 0.2) is 0 Å². The summed E-state index contributed by atoms with van der Waals surface area (Å²) in [6.07, 6.45) is 4.44. The number of hydrogen-bond acceptors (Lipinski definition) is 8. The van der Waals surface area contributed by atoms with Gasteiger partial charge in [-0.2, -0.15) is 0 Å². The van der Waals surface area contributed by atoms with Gasteiger partial charge in [-0.25, -0.2) is 15.8 Å². The fourth-order valence-corrected chi connectivity index (χ4v) is 2.27. The largest absolute Gasteiger partial charge is 0.376 e. The van der Waals surface area contributed by atoms with Crippen molar-refractivity contribution < 1.29 is 9.66 Å². The molecule has 0 aliphatic carbocycles. The first kappa shape index (κ1) is 14.4. The molecule has 2 heterocycles. The average Bonchev–Trinajstić information content (AvgIpc) is 2.47. The Labute approximate surface area is 116 Å². The van der Waals surface area contributed by atoms with E-state index in [0.29, 0.717) is 6.54 Å². The number of aromatic nitrogens is 2. The molecule has 1 aromatic rings. The standard InChI is InChI=1S/C11H18N6O3/c1-16(6-8-4-2-3-5-20-8)11-9(17(18)19)10(15-12)13-7-14-11/h7-8H,2-6,12H2,1H3,(H,13,14,15). The van der Waals surface area contributed by atoms with Crippen LogP contribution in [0.1, 0.15) is 19.3 Å². The second-order valence-electron chi connectivity index (χ2n) is 4.67. The van der Waals surface area contributed by atoms with E-state index in [1.165, 1.54) is 6.33 Å². The van der Waals surface area contributed by atoms with E-state index in [0.717, 1.165) is 25.9 Å². The third-order valence-electron chi connectivity index (χ3n) is 3.24. The summed E-state index contributed by atoms with van der Waals surface area (Å²) in [6.45, 7) is 1.28. The monoisotopic (exact) mass is 282 g/mol. The Morgan fingerprint density at radius 1 is 1.60 bits per heavy atom. The van der Waals surface area contributed by atoms with E-state index in [1.54, 1.807) is 11.9 Å². The molecule has 2 rings (SSSR count). The number of hydrogen-bond donors (Lipinski definition) is 2. The number of hydrazine groups is 1. The fourth-order valence-electron chi connectivity index (χ4n) is 2.27. The molecule has 0 amide bonds. The first-order valence-corrected chi connectivity index (χ1v) is 6.42. The molecule has 0 spiro atoms. The van der Waals surface area contributed by atoms with Gasteiger partial charge in [0.05, 0.1) is 11.0 Å². The van der Waals surface area contributed by atoms with E-state index in [2.05, 4.69) is 15.4 Å². The normalized spacial score (nSPS) is 18.6. The van der Waals surface area contributed by atoms with Gasteiger partial charge in [-0.1, -0.05) is 0 Å². The summed E-state index contributed by atoms with van der Waals surface area (Å²) in [4.78, 5) is 20.1. The molecule has 1 atom stereocenters. The third-order valence-corrected chi connectivity index (χ3v) is 3.24. The van der Waals surface area contributed by atoms with Gasteiger partial charge in [0, 0.05) is 20.2 Å². The minimum atomic E-state index is -0.539. The summed E-state index contributed by atoms with van der Waals surface area (Å²) in [7, 11) is 1.74. The van der Waals surface area contributed by atoms with E-state index < -0.39 is 4.92 Å². The van der Waals surface area contributed by atoms with Crippen molar-refractivity contribution in [2.24, 2.45) is 5.84 Å². The maximum atomic E-state index is 11.2. The molecule has 0 aromatic carbocycles. The van der Waals surface area contributed by atoms with Crippen LogP contribution >= 0.6 is 0 Å². The number of likely N-dealkylation sites (N-methyl/N-ethyl adjacent to an activating group) is 1. The topological polar surface area (TPSA) is 119 Å². The fraction of sp³-hybridized carbons (Fsp3) is 0.636. The van der Waals surface area contributed by atoms with Crippen molar-refractivity contribution in [1.29, 1.82) is 0 Å². The Morgan fingerprint density at radius 2 is 2.40 bits per heavy atom. The molecule has 1 aliphatic rings. The van der Waals surface area contributed by atoms with Gasteiger partial charge in [0.1, 0.15) is 6.33 Å². The lowest BCUT2D eigenvalue weighted by Crippen LogP contribution is -2.34. The van der Waals surface area contributed by atoms with Crippen molar-refractivity contribution in [2.45, 2.75) is 25.4 Å². The first-order valence-electron chi connectivity index (χ1n) is 6.42. The number of nitrogens with two attached hydrogens (primary N) is 1. The van der Waals surface area contributed by atoms with Gasteiger partial charge < -0.3 is 15.1 Å². The molecular formula is C11H18N6O3. The molecule has 1 unspecified atom stereocenters. The highest BCUT2D eigenvalue weighted by molar-refractivity contribution is 5.69. The van der Waals surface area contributed by atoms with Crippen LogP contribution in [-0.2, 0) is 4.74 Å². The van der Waals surface area contributed by atoms with Gasteiger partial charge in [0.2, 0.25) is 11.6 Å². The zero-order valence-electron chi connectivity index (χ0n) is 11.3. The third kappa shape index (κ3) is 3.11. The van der Waals surface area contributed by atoms with Crippen LogP contribution in [0.15, 0.2) is 6.33 Å². The van der Waals surface area contributed by atoms with Crippen LogP contribution in [0.4, 0.5) is 17.3 Å². The van der Waals surface area contributed by atoms with Crippen molar-refractivity contribution in [2.75, 3.05) is 30.5 Å². The van der Waals surface area contributed by atoms with Crippen LogP contribution in [-0.4, -0.2) is 41.2 Å². The van der Waals surface area contributed by atoms with Gasteiger partial charge in [-0.15, -0.1) is 0 Å². The van der Waals surface area contributed by atoms with Crippen LogP contribution in [0.2, 0.25) is 0 Å². The lowest BCUT2D eigenvalue weighted by Gasteiger charge is -2.27. The molecule has 0 saturated carbocycles. The van der Waals surface area contributed by atoms with Crippen molar-refractivity contribution >= 4 is 17.3 Å². The maximum Gasteiger partial charge on any atom is 0.354 e. The molecule has 0 bridgehead atoms. The second-order valence-corrected chi connectivity index (χ2v) is 4.67. The average molecular weight is 282 g/mol. The van der Waals surface area contributed by atoms with Crippen molar-refractivity contribution in [3.05, 3.63) is 16.4 Å². The lowest BCUT2D eigenvalue weighted by molar-refractivity contribution is -0.383. The minimum Gasteiger partial charge on any atom is -0.376 e. The molecule has 110 valence electrons. The molecule has 1 aromatic heterocycles. The molecule has 1 fully saturated rings. The molecular weight excluding hydrogens is 264 g/mol. The van der Waals surface area contributed by atoms with Gasteiger partial charge in [-0.05, 0) is 19.3 Å². The Kier molecular flexibility index (Phi) is 4.64. The molecule has 9 nitrogen and oxygen atoms in total. The van der Waals surface area contributed by atoms with Gasteiger partial charge >= 0.3 is 5.69 Å². The van der Waals surface area contributed by atoms with E-state index in [1.807, 2.05) is 0 Å². The summed E-state index contributed by atoms with van der Waals surface area (Å²) < 4.78 is 5.63. The smallest absolute Gasteiger partial charge is 0.354 e. The minimum absolute atomic E-state index is 0.00332. The van der Waals surface area contributed by atoms with E-state index >= 15 is 0 Å². The predicted octanol–water partition coefficient (Wildman–Crippen LogP) is 0.676. The summed E-state index contributed by atoms with van der Waals surface area (Å²) in [5.74, 6) is 5.48. The van der Waals surface area contributed by atoms with Crippen molar-refractivity contribution in [3.63, 3.8) is 0 Å². The molecule has 20 heavy (non-hydrogen) atoms. The highest BCUT2D eigenvalue weighted by atomic mass is 16.6. The first-order chi connectivity index (χ1) is 9.63. The Morgan fingerprint density at radius 3 is 3.00 bits per heavy atom. The number of anilines is 2. The zero-order chi connectivity index (χ0) is 14.5. The molecule has 1 saturated heterocycles. The van der Waals surface area contributed by atoms with Gasteiger partial charge in [0.25, 0.3) is 0 Å². The molecule has 1 aliphatic heterocycles. The van der Waals surface area contributed by atoms with E-state index in [9.17, 15) is 10.1 Å². The summed E-state index contributed by atoms with van der Waals surface area (Å²) in [5.41, 5.74) is 2.00. The molecule has 3 N–H and O–H groups in total. The van der Waals surface area contributed by atoms with Crippen molar-refractivity contribution in [3.8, 4) is 0 Å². The lowest BCUT2D eigenvalue weighted by atomic mass is 10.1. The molecule has 9 heteroatoms. The summed E-state index contributed by atoms with van der Waals surface area (Å²) in [5, 5.41) is 11.2. The SMILES string of the molecule is CN(CC1CCCCO1)c1ncnc(NN)c1[N+](=O)[O-]. The number of nitrogens with one attached hydrogen (secondary N) is 1. The number of nitro groups is 1. The van der Waals surface area contributed by atoms with E-state index in [4.69, 9.17) is 10.6 Å². The Balaban J connectivity index is 2.19. The Bertz CT molecular complexity index is 477. The highest BCUT2D eigenvalue weighted by Crippen LogP contribution is 2.31. The second kappa shape index (κ2) is 6.44. The quantitative estimate of drug-likeness (QED) is 0.459. The number of rotatable bonds is 5.